The molecule has 0 aliphatic carbocycles. The second-order valence-electron chi connectivity index (χ2n) is 11.8. The number of unbranched alkanes of at least 4 members (excludes halogenated alkanes) is 11. The molecule has 216 valence electrons. The van der Waals surface area contributed by atoms with E-state index in [2.05, 4.69) is 98.3 Å². The van der Waals surface area contributed by atoms with Crippen molar-refractivity contribution in [3.8, 4) is 0 Å². The maximum absolute atomic E-state index is 11.1. The molecule has 0 saturated heterocycles. The van der Waals surface area contributed by atoms with Gasteiger partial charge in [0.25, 0.3) is 8.32 Å². The lowest BCUT2D eigenvalue weighted by Gasteiger charge is -2.43. The predicted octanol–water partition coefficient (Wildman–Crippen LogP) is 8.75. The summed E-state index contributed by atoms with van der Waals surface area (Å²) in [6, 6.07) is 21.9. The molecule has 3 nitrogen and oxygen atoms in total. The molecule has 39 heavy (non-hydrogen) atoms. The standard InChI is InChI=1S/C35H54O3Si/c1-35(2,3)39(32-26-20-18-21-27-32,33-28-22-19-23-29-33)38-31-25-17-15-13-11-9-7-5-6-8-10-12-14-16-24-30-34(36)37-4/h5-6,18-23,26-29H,7-17,24-25,30-31H2,1-4H3/b6-5+. The molecule has 0 radical (unpaired) electrons. The lowest BCUT2D eigenvalue weighted by molar-refractivity contribution is -0.140. The van der Waals surface area contributed by atoms with E-state index in [9.17, 15) is 4.79 Å². The number of hydrogen-bond donors (Lipinski definition) is 0. The van der Waals surface area contributed by atoms with E-state index in [0.29, 0.717) is 6.42 Å². The van der Waals surface area contributed by atoms with Gasteiger partial charge in [-0.1, -0.05) is 139 Å². The Hall–Kier alpha value is -2.17. The second-order valence-corrected chi connectivity index (χ2v) is 16.1. The molecule has 0 heterocycles. The van der Waals surface area contributed by atoms with Crippen LogP contribution < -0.4 is 10.4 Å². The largest absolute Gasteiger partial charge is 0.469 e. The van der Waals surface area contributed by atoms with Crippen LogP contribution in [-0.4, -0.2) is 28.0 Å². The number of carbonyl (C=O) groups is 1. The van der Waals surface area contributed by atoms with Gasteiger partial charge in [-0.15, -0.1) is 0 Å². The maximum Gasteiger partial charge on any atom is 0.305 e. The molecule has 0 bridgehead atoms. The number of allylic oxidation sites excluding steroid dienone is 2. The Labute approximate surface area is 240 Å². The highest BCUT2D eigenvalue weighted by Gasteiger charge is 2.49. The molecule has 2 aromatic carbocycles. The van der Waals surface area contributed by atoms with Gasteiger partial charge in [-0.2, -0.15) is 0 Å². The number of hydrogen-bond acceptors (Lipinski definition) is 3. The van der Waals surface area contributed by atoms with Crippen LogP contribution in [0.1, 0.15) is 111 Å². The quantitative estimate of drug-likeness (QED) is 0.0715. The Balaban J connectivity index is 1.60. The lowest BCUT2D eigenvalue weighted by atomic mass is 10.1. The maximum atomic E-state index is 11.1. The highest BCUT2D eigenvalue weighted by atomic mass is 28.4. The number of benzene rings is 2. The van der Waals surface area contributed by atoms with Gasteiger partial charge in [0.1, 0.15) is 0 Å². The number of ether oxygens (including phenoxy) is 1. The first-order chi connectivity index (χ1) is 18.9. The lowest BCUT2D eigenvalue weighted by Crippen LogP contribution is -2.66. The topological polar surface area (TPSA) is 35.5 Å². The SMILES string of the molecule is COC(=O)CCCCCCC/C=C/CCCCCCCCO[Si](c1ccccc1)(c1ccccc1)C(C)(C)C. The number of methoxy groups -OCH3 is 1. The zero-order chi connectivity index (χ0) is 28.2. The molecule has 2 aromatic rings. The molecule has 0 atom stereocenters. The summed E-state index contributed by atoms with van der Waals surface area (Å²) in [5.41, 5.74) is 0. The number of esters is 1. The van der Waals surface area contributed by atoms with E-state index in [1.54, 1.807) is 0 Å². The van der Waals surface area contributed by atoms with Crippen LogP contribution in [0.15, 0.2) is 72.8 Å². The average molecular weight is 551 g/mol. The van der Waals surface area contributed by atoms with Crippen LogP contribution in [0.25, 0.3) is 0 Å². The van der Waals surface area contributed by atoms with Gasteiger partial charge in [0.05, 0.1) is 7.11 Å². The van der Waals surface area contributed by atoms with E-state index in [-0.39, 0.29) is 11.0 Å². The molecule has 0 fully saturated rings. The minimum Gasteiger partial charge on any atom is -0.469 e. The molecule has 0 spiro atoms. The van der Waals surface area contributed by atoms with Crippen LogP contribution in [0.4, 0.5) is 0 Å². The van der Waals surface area contributed by atoms with Gasteiger partial charge in [0, 0.05) is 13.0 Å². The summed E-state index contributed by atoms with van der Waals surface area (Å²) in [5, 5.41) is 2.79. The van der Waals surface area contributed by atoms with Crippen molar-refractivity contribution in [2.24, 2.45) is 0 Å². The van der Waals surface area contributed by atoms with Gasteiger partial charge < -0.3 is 9.16 Å². The van der Waals surface area contributed by atoms with E-state index in [0.717, 1.165) is 25.9 Å². The first kappa shape index (κ1) is 33.0. The van der Waals surface area contributed by atoms with E-state index in [1.165, 1.54) is 81.7 Å². The predicted molar refractivity (Wildman–Crippen MR) is 169 cm³/mol. The van der Waals surface area contributed by atoms with Crippen molar-refractivity contribution in [1.82, 2.24) is 0 Å². The van der Waals surface area contributed by atoms with Crippen molar-refractivity contribution in [3.05, 3.63) is 72.8 Å². The summed E-state index contributed by atoms with van der Waals surface area (Å²) in [7, 11) is -0.927. The first-order valence-corrected chi connectivity index (χ1v) is 17.3. The molecular formula is C35H54O3Si. The molecule has 0 saturated carbocycles. The summed E-state index contributed by atoms with van der Waals surface area (Å²) >= 11 is 0. The van der Waals surface area contributed by atoms with Crippen molar-refractivity contribution in [3.63, 3.8) is 0 Å². The Morgan fingerprint density at radius 3 is 1.56 bits per heavy atom. The fourth-order valence-corrected chi connectivity index (χ4v) is 10.1. The van der Waals surface area contributed by atoms with Gasteiger partial charge in [-0.3, -0.25) is 4.79 Å². The van der Waals surface area contributed by atoms with Gasteiger partial charge in [-0.25, -0.2) is 0 Å². The van der Waals surface area contributed by atoms with E-state index < -0.39 is 8.32 Å². The van der Waals surface area contributed by atoms with Crippen LogP contribution in [0.3, 0.4) is 0 Å². The third-order valence-electron chi connectivity index (χ3n) is 7.65. The smallest absolute Gasteiger partial charge is 0.305 e. The summed E-state index contributed by atoms with van der Waals surface area (Å²) in [5.74, 6) is -0.0849. The van der Waals surface area contributed by atoms with Gasteiger partial charge in [0.15, 0.2) is 0 Å². The zero-order valence-electron chi connectivity index (χ0n) is 25.3. The monoisotopic (exact) mass is 550 g/mol. The van der Waals surface area contributed by atoms with Crippen LogP contribution in [0.2, 0.25) is 5.04 Å². The minimum absolute atomic E-state index is 0.0505. The fraction of sp³-hybridized carbons (Fsp3) is 0.571. The summed E-state index contributed by atoms with van der Waals surface area (Å²) in [6.07, 6.45) is 21.1. The Morgan fingerprint density at radius 1 is 0.667 bits per heavy atom. The summed E-state index contributed by atoms with van der Waals surface area (Å²) < 4.78 is 11.7. The van der Waals surface area contributed by atoms with Crippen molar-refractivity contribution in [2.45, 2.75) is 116 Å². The normalized spacial score (nSPS) is 12.2. The molecule has 0 N–H and O–H groups in total. The van der Waals surface area contributed by atoms with Crippen molar-refractivity contribution >= 4 is 24.7 Å². The van der Waals surface area contributed by atoms with Gasteiger partial charge in [-0.05, 0) is 53.9 Å². The molecular weight excluding hydrogens is 496 g/mol. The highest BCUT2D eigenvalue weighted by molar-refractivity contribution is 6.99. The molecule has 0 aliphatic rings. The number of carbonyl (C=O) groups excluding carboxylic acids is 1. The molecule has 0 unspecified atom stereocenters. The Bertz CT molecular complexity index is 878. The Morgan fingerprint density at radius 2 is 1.10 bits per heavy atom. The van der Waals surface area contributed by atoms with Crippen LogP contribution in [-0.2, 0) is 14.0 Å². The molecule has 0 aromatic heterocycles. The third-order valence-corrected chi connectivity index (χ3v) is 12.7. The average Bonchev–Trinajstić information content (AvgIpc) is 2.94. The van der Waals surface area contributed by atoms with Gasteiger partial charge in [0.2, 0.25) is 0 Å². The first-order valence-electron chi connectivity index (χ1n) is 15.4. The van der Waals surface area contributed by atoms with Crippen LogP contribution in [0, 0.1) is 0 Å². The summed E-state index contributed by atoms with van der Waals surface area (Å²) in [4.78, 5) is 11.1. The third kappa shape index (κ3) is 11.8. The van der Waals surface area contributed by atoms with Crippen molar-refractivity contribution in [2.75, 3.05) is 13.7 Å². The second kappa shape index (κ2) is 19.0. The minimum atomic E-state index is -2.39. The van der Waals surface area contributed by atoms with Crippen molar-refractivity contribution in [1.29, 1.82) is 0 Å². The van der Waals surface area contributed by atoms with E-state index in [4.69, 9.17) is 4.43 Å². The molecule has 2 rings (SSSR count). The van der Waals surface area contributed by atoms with Crippen molar-refractivity contribution < 1.29 is 14.0 Å². The van der Waals surface area contributed by atoms with Crippen LogP contribution >= 0.6 is 0 Å². The van der Waals surface area contributed by atoms with E-state index in [1.807, 2.05) is 0 Å². The Kier molecular flexibility index (Phi) is 16.1. The highest BCUT2D eigenvalue weighted by Crippen LogP contribution is 2.36. The van der Waals surface area contributed by atoms with Gasteiger partial charge >= 0.3 is 5.97 Å². The fourth-order valence-electron chi connectivity index (χ4n) is 5.46. The van der Waals surface area contributed by atoms with E-state index >= 15 is 0 Å². The summed E-state index contributed by atoms with van der Waals surface area (Å²) in [6.45, 7) is 7.89. The molecule has 0 amide bonds. The zero-order valence-corrected chi connectivity index (χ0v) is 26.3. The number of rotatable bonds is 20. The molecule has 0 aliphatic heterocycles. The molecule has 4 heteroatoms. The van der Waals surface area contributed by atoms with Crippen LogP contribution in [0.5, 0.6) is 0 Å².